The number of aliphatic hydroxyl groups is 1. The molecule has 0 unspecified atom stereocenters. The molecule has 0 radical (unpaired) electrons. The molecule has 4 rings (SSSR count). The zero-order chi connectivity index (χ0) is 25.1. The summed E-state index contributed by atoms with van der Waals surface area (Å²) in [6, 6.07) is 20.3. The zero-order valence-electron chi connectivity index (χ0n) is 21.3. The van der Waals surface area contributed by atoms with Gasteiger partial charge in [0.15, 0.2) is 0 Å². The molecule has 5 heteroatoms. The number of esters is 1. The second kappa shape index (κ2) is 10.7. The summed E-state index contributed by atoms with van der Waals surface area (Å²) >= 11 is 0. The normalized spacial score (nSPS) is 30.6. The van der Waals surface area contributed by atoms with Gasteiger partial charge in [0, 0.05) is 16.4 Å². The first kappa shape index (κ1) is 25.6. The Hall–Kier alpha value is -2.47. The van der Waals surface area contributed by atoms with Crippen LogP contribution in [0.2, 0.25) is 0 Å². The van der Waals surface area contributed by atoms with Crippen molar-refractivity contribution in [2.75, 3.05) is 13.7 Å². The van der Waals surface area contributed by atoms with Crippen molar-refractivity contribution in [2.24, 2.45) is 16.7 Å². The van der Waals surface area contributed by atoms with Crippen LogP contribution in [0, 0.1) is 16.7 Å². The Kier molecular flexibility index (Phi) is 7.80. The van der Waals surface area contributed by atoms with Crippen molar-refractivity contribution in [3.05, 3.63) is 82.9 Å². The van der Waals surface area contributed by atoms with Gasteiger partial charge in [-0.1, -0.05) is 74.5 Å². The molecular formula is C30H38O5. The highest BCUT2D eigenvalue weighted by molar-refractivity contribution is 5.91. The summed E-state index contributed by atoms with van der Waals surface area (Å²) in [5.41, 5.74) is 2.77. The number of hydrogen-bond donors (Lipinski definition) is 1. The molecule has 1 N–H and O–H groups in total. The number of aliphatic hydroxyl groups excluding tert-OH is 1. The molecule has 1 fully saturated rings. The number of carbonyl (C=O) groups is 1. The lowest BCUT2D eigenvalue weighted by Gasteiger charge is -2.58. The predicted molar refractivity (Wildman–Crippen MR) is 135 cm³/mol. The van der Waals surface area contributed by atoms with Crippen LogP contribution in [0.15, 0.2) is 71.8 Å². The topological polar surface area (TPSA) is 65.0 Å². The van der Waals surface area contributed by atoms with Crippen LogP contribution in [0.1, 0.15) is 51.2 Å². The van der Waals surface area contributed by atoms with Gasteiger partial charge in [0.1, 0.15) is 0 Å². The quantitative estimate of drug-likeness (QED) is 0.510. The minimum atomic E-state index is -0.691. The van der Waals surface area contributed by atoms with Crippen LogP contribution in [-0.4, -0.2) is 37.0 Å². The van der Waals surface area contributed by atoms with Crippen LogP contribution in [0.5, 0.6) is 0 Å². The monoisotopic (exact) mass is 478 g/mol. The standard InChI is InChI=1S/C30H38O5/c1-21-24(31)17-25-29(2,27(21)28(32)33-4)16-15-26(35-19-23-13-9-6-10-14-23)30(25,3)20-34-18-22-11-7-5-8-12-22/h5-14,24-26,31H,15-20H2,1-4H3/t24-,25-,26+,29+,30+/m1/s1. The molecular weight excluding hydrogens is 440 g/mol. The van der Waals surface area contributed by atoms with E-state index in [1.54, 1.807) is 0 Å². The van der Waals surface area contributed by atoms with Crippen LogP contribution >= 0.6 is 0 Å². The van der Waals surface area contributed by atoms with Crippen LogP contribution < -0.4 is 0 Å². The zero-order valence-corrected chi connectivity index (χ0v) is 21.3. The summed E-state index contributed by atoms with van der Waals surface area (Å²) in [5.74, 6) is -0.349. The number of carbonyl (C=O) groups excluding carboxylic acids is 1. The van der Waals surface area contributed by atoms with Gasteiger partial charge in [0.05, 0.1) is 39.1 Å². The summed E-state index contributed by atoms with van der Waals surface area (Å²) in [6.07, 6.45) is 1.40. The summed E-state index contributed by atoms with van der Waals surface area (Å²) in [6.45, 7) is 7.72. The van der Waals surface area contributed by atoms with E-state index >= 15 is 0 Å². The van der Waals surface area contributed by atoms with Crippen LogP contribution in [0.25, 0.3) is 0 Å². The van der Waals surface area contributed by atoms with Crippen molar-refractivity contribution in [3.63, 3.8) is 0 Å². The summed E-state index contributed by atoms with van der Waals surface area (Å²) in [5, 5.41) is 11.0. The Morgan fingerprint density at radius 2 is 1.60 bits per heavy atom. The molecule has 0 heterocycles. The van der Waals surface area contributed by atoms with E-state index in [2.05, 4.69) is 38.1 Å². The van der Waals surface area contributed by atoms with Gasteiger partial charge in [-0.05, 0) is 48.8 Å². The SMILES string of the molecule is COC(=O)C1=C(C)[C@H](O)C[C@H]2[C@](C)(COCc3ccccc3)[C@@H](OCc3ccccc3)CC[C@]12C. The number of benzene rings is 2. The predicted octanol–water partition coefficient (Wildman–Crippen LogP) is 5.47. The Morgan fingerprint density at radius 1 is 1.00 bits per heavy atom. The molecule has 0 bridgehead atoms. The van der Waals surface area contributed by atoms with Gasteiger partial charge in [-0.2, -0.15) is 0 Å². The molecule has 188 valence electrons. The van der Waals surface area contributed by atoms with Crippen LogP contribution in [0.3, 0.4) is 0 Å². The van der Waals surface area contributed by atoms with Gasteiger partial charge in [0.25, 0.3) is 0 Å². The van der Waals surface area contributed by atoms with E-state index in [-0.39, 0.29) is 18.0 Å². The minimum Gasteiger partial charge on any atom is -0.466 e. The fraction of sp³-hybridized carbons (Fsp3) is 0.500. The Morgan fingerprint density at radius 3 is 2.20 bits per heavy atom. The molecule has 1 saturated carbocycles. The number of hydrogen-bond acceptors (Lipinski definition) is 5. The number of rotatable bonds is 8. The Bertz CT molecular complexity index is 1030. The lowest BCUT2D eigenvalue weighted by molar-refractivity contribution is -0.175. The van der Waals surface area contributed by atoms with Crippen LogP contribution in [-0.2, 0) is 32.2 Å². The highest BCUT2D eigenvalue weighted by atomic mass is 16.5. The van der Waals surface area contributed by atoms with Gasteiger partial charge in [-0.15, -0.1) is 0 Å². The van der Waals surface area contributed by atoms with E-state index < -0.39 is 16.9 Å². The van der Waals surface area contributed by atoms with Gasteiger partial charge >= 0.3 is 5.97 Å². The van der Waals surface area contributed by atoms with E-state index in [4.69, 9.17) is 14.2 Å². The third-order valence-corrected chi connectivity index (χ3v) is 8.36. The second-order valence-corrected chi connectivity index (χ2v) is 10.6. The minimum absolute atomic E-state index is 0.00639. The molecule has 2 aliphatic rings. The van der Waals surface area contributed by atoms with Gasteiger partial charge in [-0.25, -0.2) is 4.79 Å². The molecule has 2 aliphatic carbocycles. The highest BCUT2D eigenvalue weighted by Gasteiger charge is 2.59. The van der Waals surface area contributed by atoms with Crippen molar-refractivity contribution in [2.45, 2.75) is 65.5 Å². The van der Waals surface area contributed by atoms with Crippen LogP contribution in [0.4, 0.5) is 0 Å². The molecule has 2 aromatic carbocycles. The summed E-state index contributed by atoms with van der Waals surface area (Å²) in [4.78, 5) is 12.9. The number of methoxy groups -OCH3 is 1. The largest absolute Gasteiger partial charge is 0.466 e. The molecule has 0 saturated heterocycles. The van der Waals surface area contributed by atoms with E-state index in [0.717, 1.165) is 29.5 Å². The average molecular weight is 479 g/mol. The molecule has 0 aliphatic heterocycles. The molecule has 0 amide bonds. The summed E-state index contributed by atoms with van der Waals surface area (Å²) < 4.78 is 18.1. The second-order valence-electron chi connectivity index (χ2n) is 10.6. The Balaban J connectivity index is 1.64. The van der Waals surface area contributed by atoms with Gasteiger partial charge in [0.2, 0.25) is 0 Å². The highest BCUT2D eigenvalue weighted by Crippen LogP contribution is 2.60. The molecule has 2 aromatic rings. The average Bonchev–Trinajstić information content (AvgIpc) is 2.86. The van der Waals surface area contributed by atoms with Crippen molar-refractivity contribution in [3.8, 4) is 0 Å². The third-order valence-electron chi connectivity index (χ3n) is 8.36. The first-order chi connectivity index (χ1) is 16.8. The molecule has 0 aromatic heterocycles. The fourth-order valence-corrected chi connectivity index (χ4v) is 6.43. The number of ether oxygens (including phenoxy) is 3. The maximum atomic E-state index is 12.9. The van der Waals surface area contributed by atoms with Gasteiger partial charge < -0.3 is 19.3 Å². The van der Waals surface area contributed by atoms with E-state index in [0.29, 0.717) is 31.8 Å². The lowest BCUT2D eigenvalue weighted by Crippen LogP contribution is -2.58. The third kappa shape index (κ3) is 5.09. The van der Waals surface area contributed by atoms with Crippen molar-refractivity contribution in [1.82, 2.24) is 0 Å². The first-order valence-corrected chi connectivity index (χ1v) is 12.5. The Labute approximate surface area is 209 Å². The maximum absolute atomic E-state index is 12.9. The van der Waals surface area contributed by atoms with Gasteiger partial charge in [-0.3, -0.25) is 0 Å². The molecule has 35 heavy (non-hydrogen) atoms. The van der Waals surface area contributed by atoms with Crippen molar-refractivity contribution >= 4 is 5.97 Å². The maximum Gasteiger partial charge on any atom is 0.334 e. The molecule has 5 atom stereocenters. The van der Waals surface area contributed by atoms with E-state index in [9.17, 15) is 9.90 Å². The van der Waals surface area contributed by atoms with E-state index in [1.165, 1.54) is 7.11 Å². The van der Waals surface area contributed by atoms with Crippen molar-refractivity contribution in [1.29, 1.82) is 0 Å². The first-order valence-electron chi connectivity index (χ1n) is 12.5. The number of fused-ring (bicyclic) bond motifs is 1. The fourth-order valence-electron chi connectivity index (χ4n) is 6.43. The molecule has 0 spiro atoms. The smallest absolute Gasteiger partial charge is 0.334 e. The van der Waals surface area contributed by atoms with Crippen molar-refractivity contribution < 1.29 is 24.1 Å². The molecule has 5 nitrogen and oxygen atoms in total. The van der Waals surface area contributed by atoms with E-state index in [1.807, 2.05) is 43.3 Å². The lowest BCUT2D eigenvalue weighted by atomic mass is 9.48. The summed E-state index contributed by atoms with van der Waals surface area (Å²) in [7, 11) is 1.42.